The Kier molecular flexibility index (Phi) is 45.6. The van der Waals surface area contributed by atoms with Crippen molar-refractivity contribution in [1.82, 2.24) is 0 Å². The molecule has 0 heterocycles. The van der Waals surface area contributed by atoms with Gasteiger partial charge < -0.3 is 19.5 Å². The number of esters is 2. The monoisotopic (exact) mass is 887 g/mol. The third-order valence-corrected chi connectivity index (χ3v) is 11.3. The average Bonchev–Trinajstić information content (AvgIpc) is 3.26. The summed E-state index contributed by atoms with van der Waals surface area (Å²) >= 11 is 0. The molecule has 0 aromatic rings. The van der Waals surface area contributed by atoms with Crippen LogP contribution < -0.4 is 0 Å². The Hall–Kier alpha value is -2.75. The second kappa shape index (κ2) is 47.7. The number of carbonyl (C=O) groups is 2. The molecular weight excluding hydrogens is 800 g/mol. The lowest BCUT2D eigenvalue weighted by Crippen LogP contribution is -2.29. The molecule has 62 heavy (non-hydrogen) atoms. The van der Waals surface area contributed by atoms with Gasteiger partial charge in [0.15, 0.2) is 6.10 Å². The molecule has 0 amide bonds. The molecule has 0 saturated carbocycles. The van der Waals surface area contributed by atoms with Gasteiger partial charge in [-0.2, -0.15) is 0 Å². The van der Waals surface area contributed by atoms with E-state index >= 15 is 0 Å². The number of carbonyl (C=O) groups excluding carboxylic acids is 2. The standard InChI is InChI=1S/C52H87O9P/c1-3-5-7-9-11-13-15-17-19-21-23-25-27-29-31-33-35-37-39-41-44-51(54)58-48-50(49-60-62(56,57)59-47-43-46-53)61-52(55)45-42-40-38-36-34-32-30-28-26-24-22-20-18-16-14-12-10-8-6-4-2/h50,53H,3-20,29-49H2,1-2H3,(H,56,57)/t50-/m1/s1. The number of phosphoric ester groups is 1. The highest BCUT2D eigenvalue weighted by atomic mass is 31.2. The van der Waals surface area contributed by atoms with E-state index < -0.39 is 32.5 Å². The molecule has 0 aliphatic rings. The molecule has 9 nitrogen and oxygen atoms in total. The van der Waals surface area contributed by atoms with E-state index in [1.807, 2.05) is 0 Å². The molecule has 0 saturated heterocycles. The summed E-state index contributed by atoms with van der Waals surface area (Å²) in [6.45, 7) is 3.35. The van der Waals surface area contributed by atoms with E-state index in [2.05, 4.69) is 61.2 Å². The maximum Gasteiger partial charge on any atom is 0.472 e. The third-order valence-electron chi connectivity index (χ3n) is 10.4. The van der Waals surface area contributed by atoms with Crippen molar-refractivity contribution in [3.05, 3.63) is 0 Å². The van der Waals surface area contributed by atoms with E-state index in [0.717, 1.165) is 96.3 Å². The molecule has 0 aliphatic carbocycles. The third kappa shape index (κ3) is 46.7. The van der Waals surface area contributed by atoms with E-state index in [-0.39, 0.29) is 39.1 Å². The first-order valence-corrected chi connectivity index (χ1v) is 26.3. The Labute approximate surface area is 379 Å². The summed E-state index contributed by atoms with van der Waals surface area (Å²) in [7, 11) is -4.45. The van der Waals surface area contributed by atoms with E-state index in [1.165, 1.54) is 96.3 Å². The zero-order chi connectivity index (χ0) is 45.3. The van der Waals surface area contributed by atoms with Gasteiger partial charge in [-0.15, -0.1) is 0 Å². The van der Waals surface area contributed by atoms with Crippen LogP contribution in [-0.2, 0) is 32.7 Å². The molecule has 0 fully saturated rings. The second-order valence-corrected chi connectivity index (χ2v) is 17.8. The van der Waals surface area contributed by atoms with Gasteiger partial charge in [0.2, 0.25) is 0 Å². The molecule has 354 valence electrons. The summed E-state index contributed by atoms with van der Waals surface area (Å²) in [4.78, 5) is 35.1. The number of hydrogen-bond donors (Lipinski definition) is 2. The number of aliphatic hydroxyl groups is 1. The molecule has 0 rings (SSSR count). The molecule has 0 bridgehead atoms. The Morgan fingerprint density at radius 3 is 1.21 bits per heavy atom. The molecule has 0 aromatic carbocycles. The first kappa shape index (κ1) is 59.2. The molecule has 0 spiro atoms. The Morgan fingerprint density at radius 2 is 0.823 bits per heavy atom. The maximum absolute atomic E-state index is 12.6. The molecule has 2 atom stereocenters. The minimum atomic E-state index is -4.45. The number of aliphatic hydroxyl groups excluding tert-OH is 1. The van der Waals surface area contributed by atoms with Crippen molar-refractivity contribution < 1.29 is 42.7 Å². The topological polar surface area (TPSA) is 129 Å². The predicted molar refractivity (Wildman–Crippen MR) is 254 cm³/mol. The van der Waals surface area contributed by atoms with Crippen molar-refractivity contribution in [2.45, 2.75) is 245 Å². The van der Waals surface area contributed by atoms with Gasteiger partial charge in [0.25, 0.3) is 0 Å². The average molecular weight is 887 g/mol. The summed E-state index contributed by atoms with van der Waals surface area (Å²) in [6.07, 6.45) is 35.4. The van der Waals surface area contributed by atoms with Crippen LogP contribution in [0.1, 0.15) is 239 Å². The summed E-state index contributed by atoms with van der Waals surface area (Å²) in [5, 5.41) is 8.92. The smallest absolute Gasteiger partial charge is 0.462 e. The fourth-order valence-electron chi connectivity index (χ4n) is 6.58. The van der Waals surface area contributed by atoms with Gasteiger partial charge in [-0.1, -0.05) is 179 Å². The highest BCUT2D eigenvalue weighted by molar-refractivity contribution is 7.47. The van der Waals surface area contributed by atoms with Gasteiger partial charge >= 0.3 is 19.8 Å². The predicted octanol–water partition coefficient (Wildman–Crippen LogP) is 13.3. The molecule has 0 aliphatic heterocycles. The van der Waals surface area contributed by atoms with Gasteiger partial charge in [0, 0.05) is 45.1 Å². The van der Waals surface area contributed by atoms with Crippen molar-refractivity contribution in [3.8, 4) is 47.4 Å². The lowest BCUT2D eigenvalue weighted by atomic mass is 10.1. The fourth-order valence-corrected chi connectivity index (χ4v) is 7.37. The zero-order valence-electron chi connectivity index (χ0n) is 39.4. The Morgan fingerprint density at radius 1 is 0.468 bits per heavy atom. The Bertz CT molecular complexity index is 1370. The summed E-state index contributed by atoms with van der Waals surface area (Å²) < 4.78 is 33.0. The molecule has 2 N–H and O–H groups in total. The van der Waals surface area contributed by atoms with E-state index in [1.54, 1.807) is 0 Å². The fraction of sp³-hybridized carbons (Fsp3) is 0.808. The van der Waals surface area contributed by atoms with Gasteiger partial charge in [-0.25, -0.2) is 4.57 Å². The molecule has 1 unspecified atom stereocenters. The van der Waals surface area contributed by atoms with Crippen molar-refractivity contribution in [1.29, 1.82) is 0 Å². The Balaban J connectivity index is 4.23. The number of rotatable bonds is 42. The van der Waals surface area contributed by atoms with E-state index in [0.29, 0.717) is 12.8 Å². The molecule has 0 radical (unpaired) electrons. The first-order valence-electron chi connectivity index (χ1n) is 24.8. The van der Waals surface area contributed by atoms with Crippen LogP contribution in [0.3, 0.4) is 0 Å². The normalized spacial score (nSPS) is 12.0. The van der Waals surface area contributed by atoms with Gasteiger partial charge in [0.1, 0.15) is 6.61 Å². The number of phosphoric acid groups is 1. The lowest BCUT2D eigenvalue weighted by molar-refractivity contribution is -0.161. The van der Waals surface area contributed by atoms with E-state index in [4.69, 9.17) is 23.6 Å². The summed E-state index contributed by atoms with van der Waals surface area (Å²) in [5.41, 5.74) is 0. The van der Waals surface area contributed by atoms with Crippen LogP contribution in [0.2, 0.25) is 0 Å². The van der Waals surface area contributed by atoms with Crippen LogP contribution in [0, 0.1) is 47.4 Å². The number of hydrogen-bond acceptors (Lipinski definition) is 8. The van der Waals surface area contributed by atoms with Crippen LogP contribution in [-0.4, -0.2) is 54.5 Å². The quantitative estimate of drug-likeness (QED) is 0.0266. The van der Waals surface area contributed by atoms with Crippen LogP contribution in [0.25, 0.3) is 0 Å². The van der Waals surface area contributed by atoms with Crippen LogP contribution in [0.15, 0.2) is 0 Å². The largest absolute Gasteiger partial charge is 0.472 e. The van der Waals surface area contributed by atoms with Crippen LogP contribution in [0.4, 0.5) is 0 Å². The highest BCUT2D eigenvalue weighted by Crippen LogP contribution is 2.43. The first-order chi connectivity index (χ1) is 30.3. The maximum atomic E-state index is 12.6. The van der Waals surface area contributed by atoms with Gasteiger partial charge in [0.05, 0.1) is 13.2 Å². The molecule has 10 heteroatoms. The number of unbranched alkanes of at least 4 members (excludes halogenated alkanes) is 28. The van der Waals surface area contributed by atoms with Crippen molar-refractivity contribution in [2.75, 3.05) is 26.4 Å². The number of ether oxygens (including phenoxy) is 2. The van der Waals surface area contributed by atoms with E-state index in [9.17, 15) is 19.0 Å². The minimum Gasteiger partial charge on any atom is -0.462 e. The summed E-state index contributed by atoms with van der Waals surface area (Å²) in [5.74, 6) is 23.7. The van der Waals surface area contributed by atoms with Crippen LogP contribution in [0.5, 0.6) is 0 Å². The molecular formula is C52H87O9P. The van der Waals surface area contributed by atoms with Gasteiger partial charge in [-0.05, 0) is 68.6 Å². The highest BCUT2D eigenvalue weighted by Gasteiger charge is 2.26. The van der Waals surface area contributed by atoms with Crippen molar-refractivity contribution in [2.24, 2.45) is 0 Å². The van der Waals surface area contributed by atoms with Gasteiger partial charge in [-0.3, -0.25) is 18.6 Å². The van der Waals surface area contributed by atoms with Crippen molar-refractivity contribution >= 4 is 19.8 Å². The lowest BCUT2D eigenvalue weighted by Gasteiger charge is -2.20. The second-order valence-electron chi connectivity index (χ2n) is 16.4. The van der Waals surface area contributed by atoms with Crippen LogP contribution >= 0.6 is 7.82 Å². The minimum absolute atomic E-state index is 0.163. The SMILES string of the molecule is CCCCCCCCCCC#CC#CCCCCCCCCC(=O)OC[C@H](COP(=O)(O)OCCCO)OC(=O)CCCCCCCCC#CC#CCCCCCCCCCC. The zero-order valence-corrected chi connectivity index (χ0v) is 40.2. The summed E-state index contributed by atoms with van der Waals surface area (Å²) in [6, 6.07) is 0. The molecule has 0 aromatic heterocycles. The van der Waals surface area contributed by atoms with Crippen molar-refractivity contribution in [3.63, 3.8) is 0 Å².